The van der Waals surface area contributed by atoms with E-state index in [0.717, 1.165) is 42.6 Å². The molecule has 1 aliphatic heterocycles. The summed E-state index contributed by atoms with van der Waals surface area (Å²) in [5.74, 6) is 0.851. The number of benzene rings is 1. The van der Waals surface area contributed by atoms with Crippen LogP contribution in [0.3, 0.4) is 0 Å². The molecule has 2 rings (SSSR count). The van der Waals surface area contributed by atoms with Gasteiger partial charge in [0.1, 0.15) is 5.75 Å². The molecule has 0 aliphatic carbocycles. The molecule has 5 heteroatoms. The number of ether oxygens (including phenoxy) is 1. The summed E-state index contributed by atoms with van der Waals surface area (Å²) >= 11 is 3.58. The van der Waals surface area contributed by atoms with Gasteiger partial charge in [0.15, 0.2) is 0 Å². The van der Waals surface area contributed by atoms with Gasteiger partial charge in [-0.3, -0.25) is 0 Å². The predicted molar refractivity (Wildman–Crippen MR) is 97.2 cm³/mol. The number of carbonyl (C=O) groups is 1. The van der Waals surface area contributed by atoms with Crippen molar-refractivity contribution in [2.24, 2.45) is 0 Å². The van der Waals surface area contributed by atoms with Gasteiger partial charge in [0, 0.05) is 19.6 Å². The number of nitrogens with one attached hydrogen (secondary N) is 1. The second kappa shape index (κ2) is 8.04. The lowest BCUT2D eigenvalue weighted by atomic mass is 9.87. The number of hydrogen-bond acceptors (Lipinski definition) is 2. The van der Waals surface area contributed by atoms with Crippen LogP contribution >= 0.6 is 15.9 Å². The first-order chi connectivity index (χ1) is 10.9. The molecule has 0 aromatic heterocycles. The van der Waals surface area contributed by atoms with Crippen LogP contribution in [0.25, 0.3) is 0 Å². The maximum atomic E-state index is 11.8. The average molecular weight is 383 g/mol. The number of likely N-dealkylation sites (tertiary alicyclic amines) is 1. The molecule has 2 amide bonds. The zero-order chi connectivity index (χ0) is 16.9. The fourth-order valence-electron chi connectivity index (χ4n) is 2.57. The van der Waals surface area contributed by atoms with E-state index in [1.807, 2.05) is 11.0 Å². The third-order valence-electron chi connectivity index (χ3n) is 4.05. The predicted octanol–water partition coefficient (Wildman–Crippen LogP) is 4.32. The Bertz CT molecular complexity index is 534. The van der Waals surface area contributed by atoms with Crippen molar-refractivity contribution in [3.05, 3.63) is 28.2 Å². The zero-order valence-electron chi connectivity index (χ0n) is 14.3. The lowest BCUT2D eigenvalue weighted by Crippen LogP contribution is -2.38. The number of rotatable bonds is 5. The van der Waals surface area contributed by atoms with Crippen LogP contribution in [0, 0.1) is 0 Å². The number of hydrogen-bond donors (Lipinski definition) is 1. The lowest BCUT2D eigenvalue weighted by Gasteiger charge is -2.20. The number of nitrogens with zero attached hydrogens (tertiary/aromatic N) is 1. The molecular formula is C18H27BrN2O2. The molecule has 0 saturated carbocycles. The van der Waals surface area contributed by atoms with Crippen LogP contribution in [0.5, 0.6) is 5.75 Å². The maximum absolute atomic E-state index is 11.8. The Morgan fingerprint density at radius 2 is 2.00 bits per heavy atom. The standard InChI is InChI=1S/C18H27BrN2O2/c1-18(2,3)14-7-8-16(15(19)13-14)23-12-6-9-20-17(22)21-10-4-5-11-21/h7-8,13H,4-6,9-12H2,1-3H3,(H,20,22). The number of urea groups is 1. The van der Waals surface area contributed by atoms with E-state index in [1.54, 1.807) is 0 Å². The molecule has 1 N–H and O–H groups in total. The van der Waals surface area contributed by atoms with Crippen molar-refractivity contribution in [2.75, 3.05) is 26.2 Å². The minimum Gasteiger partial charge on any atom is -0.492 e. The van der Waals surface area contributed by atoms with E-state index < -0.39 is 0 Å². The molecule has 4 nitrogen and oxygen atoms in total. The molecule has 1 heterocycles. The summed E-state index contributed by atoms with van der Waals surface area (Å²) in [4.78, 5) is 13.7. The molecule has 0 radical (unpaired) electrons. The molecule has 1 aromatic rings. The first-order valence-corrected chi connectivity index (χ1v) is 9.13. The van der Waals surface area contributed by atoms with E-state index in [4.69, 9.17) is 4.74 Å². The third kappa shape index (κ3) is 5.41. The molecule has 1 fully saturated rings. The van der Waals surface area contributed by atoms with Gasteiger partial charge in [0.2, 0.25) is 0 Å². The fourth-order valence-corrected chi connectivity index (χ4v) is 3.06. The highest BCUT2D eigenvalue weighted by Gasteiger charge is 2.17. The van der Waals surface area contributed by atoms with E-state index in [0.29, 0.717) is 13.2 Å². The zero-order valence-corrected chi connectivity index (χ0v) is 15.9. The number of halogens is 1. The van der Waals surface area contributed by atoms with Gasteiger partial charge in [-0.15, -0.1) is 0 Å². The summed E-state index contributed by atoms with van der Waals surface area (Å²) in [6.45, 7) is 9.58. The minimum absolute atomic E-state index is 0.0539. The number of amides is 2. The van der Waals surface area contributed by atoms with Crippen molar-refractivity contribution in [3.8, 4) is 5.75 Å². The van der Waals surface area contributed by atoms with Gasteiger partial charge in [0.25, 0.3) is 0 Å². The molecule has 0 spiro atoms. The summed E-state index contributed by atoms with van der Waals surface area (Å²) in [7, 11) is 0. The molecule has 1 aromatic carbocycles. The van der Waals surface area contributed by atoms with Crippen molar-refractivity contribution in [3.63, 3.8) is 0 Å². The van der Waals surface area contributed by atoms with Crippen molar-refractivity contribution >= 4 is 22.0 Å². The summed E-state index contributed by atoms with van der Waals surface area (Å²) in [5, 5.41) is 2.95. The van der Waals surface area contributed by atoms with Crippen molar-refractivity contribution < 1.29 is 9.53 Å². The lowest BCUT2D eigenvalue weighted by molar-refractivity contribution is 0.207. The second-order valence-corrected chi connectivity index (χ2v) is 7.88. The van der Waals surface area contributed by atoms with Crippen LogP contribution in [0.4, 0.5) is 4.79 Å². The Balaban J connectivity index is 1.71. The smallest absolute Gasteiger partial charge is 0.317 e. The van der Waals surface area contributed by atoms with Crippen LogP contribution in [0.2, 0.25) is 0 Å². The van der Waals surface area contributed by atoms with Gasteiger partial charge >= 0.3 is 6.03 Å². The monoisotopic (exact) mass is 382 g/mol. The topological polar surface area (TPSA) is 41.6 Å². The van der Waals surface area contributed by atoms with Gasteiger partial charge in [0.05, 0.1) is 11.1 Å². The molecule has 23 heavy (non-hydrogen) atoms. The molecule has 1 saturated heterocycles. The quantitative estimate of drug-likeness (QED) is 0.770. The molecule has 0 unspecified atom stereocenters. The SMILES string of the molecule is CC(C)(C)c1ccc(OCCCNC(=O)N2CCCC2)c(Br)c1. The van der Waals surface area contributed by atoms with Gasteiger partial charge < -0.3 is 15.0 Å². The summed E-state index contributed by atoms with van der Waals surface area (Å²) < 4.78 is 6.78. The molecule has 1 aliphatic rings. The normalized spacial score (nSPS) is 14.9. The van der Waals surface area contributed by atoms with Crippen LogP contribution < -0.4 is 10.1 Å². The highest BCUT2D eigenvalue weighted by molar-refractivity contribution is 9.10. The van der Waals surface area contributed by atoms with E-state index >= 15 is 0 Å². The molecule has 0 bridgehead atoms. The number of carbonyl (C=O) groups excluding carboxylic acids is 1. The van der Waals surface area contributed by atoms with Crippen LogP contribution in [-0.2, 0) is 5.41 Å². The highest BCUT2D eigenvalue weighted by atomic mass is 79.9. The fraction of sp³-hybridized carbons (Fsp3) is 0.611. The Labute approximate surface area is 147 Å². The van der Waals surface area contributed by atoms with Gasteiger partial charge in [-0.2, -0.15) is 0 Å². The minimum atomic E-state index is 0.0539. The average Bonchev–Trinajstić information content (AvgIpc) is 3.01. The first kappa shape index (κ1) is 18.1. The van der Waals surface area contributed by atoms with Crippen LogP contribution in [0.15, 0.2) is 22.7 Å². The largest absolute Gasteiger partial charge is 0.492 e. The van der Waals surface area contributed by atoms with E-state index in [9.17, 15) is 4.79 Å². The van der Waals surface area contributed by atoms with Crippen molar-refractivity contribution in [1.29, 1.82) is 0 Å². The Morgan fingerprint density at radius 1 is 1.30 bits per heavy atom. The second-order valence-electron chi connectivity index (χ2n) is 7.02. The van der Waals surface area contributed by atoms with E-state index in [2.05, 4.69) is 54.2 Å². The van der Waals surface area contributed by atoms with E-state index in [1.165, 1.54) is 5.56 Å². The molecule has 0 atom stereocenters. The van der Waals surface area contributed by atoms with Crippen molar-refractivity contribution in [2.45, 2.75) is 45.4 Å². The van der Waals surface area contributed by atoms with Crippen molar-refractivity contribution in [1.82, 2.24) is 10.2 Å². The Morgan fingerprint density at radius 3 is 2.61 bits per heavy atom. The van der Waals surface area contributed by atoms with Gasteiger partial charge in [-0.05, 0) is 58.3 Å². The summed E-state index contributed by atoms with van der Waals surface area (Å²) in [6, 6.07) is 6.28. The molecular weight excluding hydrogens is 356 g/mol. The van der Waals surface area contributed by atoms with Crippen LogP contribution in [0.1, 0.15) is 45.6 Å². The van der Waals surface area contributed by atoms with E-state index in [-0.39, 0.29) is 11.4 Å². The summed E-state index contributed by atoms with van der Waals surface area (Å²) in [5.41, 5.74) is 1.40. The Kier molecular flexibility index (Phi) is 6.33. The highest BCUT2D eigenvalue weighted by Crippen LogP contribution is 2.31. The third-order valence-corrected chi connectivity index (χ3v) is 4.67. The maximum Gasteiger partial charge on any atom is 0.317 e. The first-order valence-electron chi connectivity index (χ1n) is 8.33. The summed E-state index contributed by atoms with van der Waals surface area (Å²) in [6.07, 6.45) is 3.04. The van der Waals surface area contributed by atoms with Gasteiger partial charge in [-0.1, -0.05) is 26.8 Å². The Hall–Kier alpha value is -1.23. The molecule has 128 valence electrons. The van der Waals surface area contributed by atoms with Gasteiger partial charge in [-0.25, -0.2) is 4.79 Å². The van der Waals surface area contributed by atoms with Crippen LogP contribution in [-0.4, -0.2) is 37.2 Å².